The SMILES string of the molecule is Cn1cnnc1C1CCN(S(=O)(=O)c2ccc(Nc3ccccc3)cc2)CC1. The monoisotopic (exact) mass is 397 g/mol. The summed E-state index contributed by atoms with van der Waals surface area (Å²) in [5, 5.41) is 11.4. The Hall–Kier alpha value is -2.71. The van der Waals surface area contributed by atoms with Gasteiger partial charge in [-0.15, -0.1) is 10.2 Å². The molecule has 1 N–H and O–H groups in total. The van der Waals surface area contributed by atoms with Crippen LogP contribution in [0.2, 0.25) is 0 Å². The van der Waals surface area contributed by atoms with Crippen molar-refractivity contribution in [2.45, 2.75) is 23.7 Å². The standard InChI is InChI=1S/C20H23N5O2S/c1-24-15-21-23-20(24)16-11-13-25(14-12-16)28(26,27)19-9-7-18(8-10-19)22-17-5-3-2-4-6-17/h2-10,15-16,22H,11-14H2,1H3. The van der Waals surface area contributed by atoms with Crippen LogP contribution in [0.15, 0.2) is 65.8 Å². The number of aromatic nitrogens is 3. The zero-order valence-electron chi connectivity index (χ0n) is 15.7. The normalized spacial score (nSPS) is 16.2. The summed E-state index contributed by atoms with van der Waals surface area (Å²) in [7, 11) is -1.57. The molecule has 0 radical (unpaired) electrons. The Kier molecular flexibility index (Phi) is 5.15. The maximum Gasteiger partial charge on any atom is 0.243 e. The average molecular weight is 398 g/mol. The van der Waals surface area contributed by atoms with Gasteiger partial charge in [0.2, 0.25) is 10.0 Å². The third-order valence-corrected chi connectivity index (χ3v) is 7.03. The zero-order chi connectivity index (χ0) is 19.6. The van der Waals surface area contributed by atoms with E-state index in [-0.39, 0.29) is 5.92 Å². The lowest BCUT2D eigenvalue weighted by Crippen LogP contribution is -2.38. The molecule has 0 bridgehead atoms. The van der Waals surface area contributed by atoms with E-state index in [0.29, 0.717) is 18.0 Å². The predicted octanol–water partition coefficient (Wildman–Crippen LogP) is 3.13. The molecule has 146 valence electrons. The second-order valence-corrected chi connectivity index (χ2v) is 8.93. The number of nitrogens with one attached hydrogen (secondary N) is 1. The molecule has 28 heavy (non-hydrogen) atoms. The van der Waals surface area contributed by atoms with Crippen LogP contribution in [0.4, 0.5) is 11.4 Å². The zero-order valence-corrected chi connectivity index (χ0v) is 16.5. The highest BCUT2D eigenvalue weighted by Crippen LogP contribution is 2.30. The van der Waals surface area contributed by atoms with Crippen molar-refractivity contribution in [3.8, 4) is 0 Å². The first-order valence-corrected chi connectivity index (χ1v) is 10.7. The molecule has 0 spiro atoms. The number of para-hydroxylation sites is 1. The van der Waals surface area contributed by atoms with Gasteiger partial charge in [0.1, 0.15) is 12.2 Å². The third kappa shape index (κ3) is 3.79. The van der Waals surface area contributed by atoms with Gasteiger partial charge in [-0.3, -0.25) is 0 Å². The minimum absolute atomic E-state index is 0.247. The number of sulfonamides is 1. The first-order chi connectivity index (χ1) is 13.5. The number of piperidine rings is 1. The van der Waals surface area contributed by atoms with E-state index in [9.17, 15) is 8.42 Å². The molecule has 0 atom stereocenters. The minimum Gasteiger partial charge on any atom is -0.356 e. The van der Waals surface area contributed by atoms with Gasteiger partial charge in [0.15, 0.2) is 0 Å². The molecule has 0 saturated carbocycles. The van der Waals surface area contributed by atoms with E-state index in [0.717, 1.165) is 30.0 Å². The summed E-state index contributed by atoms with van der Waals surface area (Å²) in [4.78, 5) is 0.322. The summed E-state index contributed by atoms with van der Waals surface area (Å²) in [5.74, 6) is 1.17. The van der Waals surface area contributed by atoms with Gasteiger partial charge in [0.25, 0.3) is 0 Å². The van der Waals surface area contributed by atoms with Crippen LogP contribution in [-0.2, 0) is 17.1 Å². The fraction of sp³-hybridized carbons (Fsp3) is 0.300. The number of aryl methyl sites for hydroxylation is 1. The maximum absolute atomic E-state index is 13.0. The Bertz CT molecular complexity index is 1020. The Morgan fingerprint density at radius 2 is 1.61 bits per heavy atom. The van der Waals surface area contributed by atoms with Crippen LogP contribution < -0.4 is 5.32 Å². The van der Waals surface area contributed by atoms with Crippen molar-refractivity contribution in [3.05, 3.63) is 66.7 Å². The Morgan fingerprint density at radius 1 is 0.964 bits per heavy atom. The van der Waals surface area contributed by atoms with E-state index in [1.165, 1.54) is 0 Å². The molecule has 0 aliphatic carbocycles. The summed E-state index contributed by atoms with van der Waals surface area (Å²) in [6, 6.07) is 16.7. The molecule has 1 aliphatic heterocycles. The molecule has 7 nitrogen and oxygen atoms in total. The van der Waals surface area contributed by atoms with Gasteiger partial charge in [-0.05, 0) is 49.2 Å². The van der Waals surface area contributed by atoms with E-state index in [4.69, 9.17) is 0 Å². The number of benzene rings is 2. The lowest BCUT2D eigenvalue weighted by Gasteiger charge is -2.30. The van der Waals surface area contributed by atoms with Crippen molar-refractivity contribution >= 4 is 21.4 Å². The Morgan fingerprint density at radius 3 is 2.21 bits per heavy atom. The highest BCUT2D eigenvalue weighted by atomic mass is 32.2. The van der Waals surface area contributed by atoms with E-state index < -0.39 is 10.0 Å². The summed E-state index contributed by atoms with van der Waals surface area (Å²) >= 11 is 0. The van der Waals surface area contributed by atoms with Crippen LogP contribution in [0.25, 0.3) is 0 Å². The van der Waals surface area contributed by atoms with Gasteiger partial charge in [-0.25, -0.2) is 8.42 Å². The molecule has 0 unspecified atom stereocenters. The predicted molar refractivity (Wildman–Crippen MR) is 108 cm³/mol. The number of anilines is 2. The number of hydrogen-bond acceptors (Lipinski definition) is 5. The molecule has 8 heteroatoms. The van der Waals surface area contributed by atoms with Gasteiger partial charge in [-0.2, -0.15) is 4.31 Å². The molecular weight excluding hydrogens is 374 g/mol. The lowest BCUT2D eigenvalue weighted by atomic mass is 9.97. The molecule has 1 saturated heterocycles. The topological polar surface area (TPSA) is 80.1 Å². The summed E-state index contributed by atoms with van der Waals surface area (Å²) in [6.45, 7) is 0.980. The van der Waals surface area contributed by atoms with Gasteiger partial charge in [0.05, 0.1) is 4.90 Å². The van der Waals surface area contributed by atoms with Crippen molar-refractivity contribution in [2.24, 2.45) is 7.05 Å². The molecule has 2 aromatic carbocycles. The minimum atomic E-state index is -3.49. The van der Waals surface area contributed by atoms with Crippen molar-refractivity contribution < 1.29 is 8.42 Å². The molecule has 4 rings (SSSR count). The third-order valence-electron chi connectivity index (χ3n) is 5.12. The maximum atomic E-state index is 13.0. The van der Waals surface area contributed by atoms with Crippen LogP contribution in [0.3, 0.4) is 0 Å². The Balaban J connectivity index is 1.43. The highest BCUT2D eigenvalue weighted by Gasteiger charge is 2.31. The first-order valence-electron chi connectivity index (χ1n) is 9.30. The highest BCUT2D eigenvalue weighted by molar-refractivity contribution is 7.89. The van der Waals surface area contributed by atoms with Gasteiger partial charge in [0, 0.05) is 37.4 Å². The van der Waals surface area contributed by atoms with Crippen molar-refractivity contribution in [1.29, 1.82) is 0 Å². The van der Waals surface area contributed by atoms with E-state index in [2.05, 4.69) is 15.5 Å². The fourth-order valence-corrected chi connectivity index (χ4v) is 5.03. The quantitative estimate of drug-likeness (QED) is 0.715. The van der Waals surface area contributed by atoms with Crippen LogP contribution in [0, 0.1) is 0 Å². The first kappa shape index (κ1) is 18.6. The van der Waals surface area contributed by atoms with Crippen LogP contribution in [0.1, 0.15) is 24.6 Å². The van der Waals surface area contributed by atoms with E-state index in [1.807, 2.05) is 41.9 Å². The van der Waals surface area contributed by atoms with E-state index in [1.54, 1.807) is 34.9 Å². The smallest absolute Gasteiger partial charge is 0.243 e. The molecule has 0 amide bonds. The van der Waals surface area contributed by atoms with Crippen molar-refractivity contribution in [2.75, 3.05) is 18.4 Å². The number of nitrogens with zero attached hydrogens (tertiary/aromatic N) is 4. The van der Waals surface area contributed by atoms with Crippen molar-refractivity contribution in [1.82, 2.24) is 19.1 Å². The van der Waals surface area contributed by atoms with Gasteiger partial charge < -0.3 is 9.88 Å². The largest absolute Gasteiger partial charge is 0.356 e. The molecule has 1 fully saturated rings. The molecule has 3 aromatic rings. The fourth-order valence-electron chi connectivity index (χ4n) is 3.56. The Labute approximate surface area is 165 Å². The van der Waals surface area contributed by atoms with Crippen LogP contribution >= 0.6 is 0 Å². The van der Waals surface area contributed by atoms with Gasteiger partial charge >= 0.3 is 0 Å². The van der Waals surface area contributed by atoms with Crippen LogP contribution in [-0.4, -0.2) is 40.6 Å². The molecule has 1 aliphatic rings. The lowest BCUT2D eigenvalue weighted by molar-refractivity contribution is 0.310. The summed E-state index contributed by atoms with van der Waals surface area (Å²) in [5.41, 5.74) is 1.81. The average Bonchev–Trinajstić information content (AvgIpc) is 3.15. The molecule has 1 aromatic heterocycles. The van der Waals surface area contributed by atoms with Crippen LogP contribution in [0.5, 0.6) is 0 Å². The second-order valence-electron chi connectivity index (χ2n) is 6.99. The van der Waals surface area contributed by atoms with Crippen molar-refractivity contribution in [3.63, 3.8) is 0 Å². The molecular formula is C20H23N5O2S. The summed E-state index contributed by atoms with van der Waals surface area (Å²) < 4.78 is 29.5. The molecule has 2 heterocycles. The van der Waals surface area contributed by atoms with E-state index >= 15 is 0 Å². The number of hydrogen-bond donors (Lipinski definition) is 1. The number of rotatable bonds is 5. The van der Waals surface area contributed by atoms with Gasteiger partial charge in [-0.1, -0.05) is 18.2 Å². The second kappa shape index (κ2) is 7.73. The summed E-state index contributed by atoms with van der Waals surface area (Å²) in [6.07, 6.45) is 3.18.